The summed E-state index contributed by atoms with van der Waals surface area (Å²) in [6.45, 7) is 0. The molecule has 2 aromatic carbocycles. The van der Waals surface area contributed by atoms with E-state index in [1.54, 1.807) is 0 Å². The van der Waals surface area contributed by atoms with Gasteiger partial charge in [0.05, 0.1) is 0 Å². The van der Waals surface area contributed by atoms with Gasteiger partial charge in [-0.2, -0.15) is 0 Å². The lowest BCUT2D eigenvalue weighted by molar-refractivity contribution is 0.479. The fourth-order valence-corrected chi connectivity index (χ4v) is 2.91. The summed E-state index contributed by atoms with van der Waals surface area (Å²) in [4.78, 5) is 0. The van der Waals surface area contributed by atoms with Crippen LogP contribution in [0.4, 0.5) is 0 Å². The van der Waals surface area contributed by atoms with Gasteiger partial charge in [-0.3, -0.25) is 0 Å². The number of rotatable bonds is 0. The van der Waals surface area contributed by atoms with Crippen molar-refractivity contribution in [1.29, 1.82) is 0 Å². The van der Waals surface area contributed by atoms with Crippen LogP contribution in [0, 0.1) is 0 Å². The van der Waals surface area contributed by atoms with Crippen LogP contribution in [0.5, 0.6) is 11.5 Å². The highest BCUT2D eigenvalue weighted by Gasteiger charge is 2.18. The van der Waals surface area contributed by atoms with E-state index in [2.05, 4.69) is 0 Å². The summed E-state index contributed by atoms with van der Waals surface area (Å²) >= 11 is 0. The molecule has 0 radical (unpaired) electrons. The fourth-order valence-electron chi connectivity index (χ4n) is 2.91. The second-order valence-electron chi connectivity index (χ2n) is 4.96. The second-order valence-corrected chi connectivity index (χ2v) is 4.96. The molecule has 0 aliphatic heterocycles. The van der Waals surface area contributed by atoms with Crippen molar-refractivity contribution in [3.63, 3.8) is 0 Å². The molecule has 2 aliphatic carbocycles. The van der Waals surface area contributed by atoms with E-state index in [1.807, 2.05) is 60.7 Å². The van der Waals surface area contributed by atoms with Crippen LogP contribution in [-0.2, 0) is 0 Å². The molecule has 0 atom stereocenters. The topological polar surface area (TPSA) is 40.5 Å². The Kier molecular flexibility index (Phi) is 2.15. The Morgan fingerprint density at radius 2 is 1.25 bits per heavy atom. The third kappa shape index (κ3) is 1.33. The molecule has 0 unspecified atom stereocenters. The first-order valence-corrected chi connectivity index (χ1v) is 6.51. The second kappa shape index (κ2) is 3.87. The zero-order chi connectivity index (χ0) is 13.7. The van der Waals surface area contributed by atoms with E-state index >= 15 is 0 Å². The maximum Gasteiger partial charge on any atom is 0.132 e. The van der Waals surface area contributed by atoms with Gasteiger partial charge in [-0.15, -0.1) is 0 Å². The van der Waals surface area contributed by atoms with Gasteiger partial charge in [-0.25, -0.2) is 0 Å². The molecule has 0 heterocycles. The SMILES string of the molecule is Oc1c2ccccc2c(O)c2c3cccccc-3cc12. The number of benzene rings is 2. The lowest BCUT2D eigenvalue weighted by atomic mass is 10.0. The average molecular weight is 260 g/mol. The third-order valence-electron chi connectivity index (χ3n) is 3.84. The van der Waals surface area contributed by atoms with Gasteiger partial charge in [0.15, 0.2) is 0 Å². The van der Waals surface area contributed by atoms with E-state index < -0.39 is 0 Å². The first kappa shape index (κ1) is 11.1. The lowest BCUT2D eigenvalue weighted by Gasteiger charge is -2.07. The highest BCUT2D eigenvalue weighted by Crippen LogP contribution is 2.47. The molecule has 0 bridgehead atoms. The molecule has 0 fully saturated rings. The zero-order valence-electron chi connectivity index (χ0n) is 10.7. The van der Waals surface area contributed by atoms with Gasteiger partial charge in [0.2, 0.25) is 0 Å². The first-order valence-electron chi connectivity index (χ1n) is 6.51. The van der Waals surface area contributed by atoms with E-state index in [-0.39, 0.29) is 11.5 Å². The number of phenolic OH excluding ortho intramolecular Hbond substituents is 2. The highest BCUT2D eigenvalue weighted by atomic mass is 16.3. The van der Waals surface area contributed by atoms with E-state index in [0.717, 1.165) is 11.1 Å². The smallest absolute Gasteiger partial charge is 0.132 e. The Morgan fingerprint density at radius 3 is 2.05 bits per heavy atom. The van der Waals surface area contributed by atoms with Gasteiger partial charge in [0.1, 0.15) is 11.5 Å². The monoisotopic (exact) mass is 260 g/mol. The van der Waals surface area contributed by atoms with E-state index in [1.165, 1.54) is 0 Å². The Morgan fingerprint density at radius 1 is 0.600 bits per heavy atom. The Labute approximate surface area is 115 Å². The van der Waals surface area contributed by atoms with Crippen molar-refractivity contribution in [2.75, 3.05) is 0 Å². The zero-order valence-corrected chi connectivity index (χ0v) is 10.7. The van der Waals surface area contributed by atoms with Crippen molar-refractivity contribution in [1.82, 2.24) is 0 Å². The van der Waals surface area contributed by atoms with Gasteiger partial charge >= 0.3 is 0 Å². The molecule has 0 saturated carbocycles. The largest absolute Gasteiger partial charge is 0.507 e. The van der Waals surface area contributed by atoms with Crippen LogP contribution < -0.4 is 0 Å². The molecule has 0 saturated heterocycles. The number of hydrogen-bond donors (Lipinski definition) is 2. The Hall–Kier alpha value is -2.74. The van der Waals surface area contributed by atoms with Crippen LogP contribution in [0.2, 0.25) is 0 Å². The molecule has 0 spiro atoms. The summed E-state index contributed by atoms with van der Waals surface area (Å²) in [7, 11) is 0. The van der Waals surface area contributed by atoms with E-state index in [4.69, 9.17) is 0 Å². The summed E-state index contributed by atoms with van der Waals surface area (Å²) in [5.41, 5.74) is 1.95. The van der Waals surface area contributed by atoms with Crippen molar-refractivity contribution >= 4 is 21.5 Å². The summed E-state index contributed by atoms with van der Waals surface area (Å²) in [5.74, 6) is 0.460. The summed E-state index contributed by atoms with van der Waals surface area (Å²) < 4.78 is 0. The van der Waals surface area contributed by atoms with Crippen molar-refractivity contribution in [2.24, 2.45) is 0 Å². The number of fused-ring (bicyclic) bond motifs is 4. The molecule has 20 heavy (non-hydrogen) atoms. The van der Waals surface area contributed by atoms with Crippen molar-refractivity contribution in [3.05, 3.63) is 60.7 Å². The third-order valence-corrected chi connectivity index (χ3v) is 3.84. The predicted molar refractivity (Wildman–Crippen MR) is 81.4 cm³/mol. The number of aromatic hydroxyl groups is 2. The Balaban J connectivity index is 2.33. The van der Waals surface area contributed by atoms with Crippen LogP contribution in [0.25, 0.3) is 32.7 Å². The summed E-state index contributed by atoms with van der Waals surface area (Å²) in [6.07, 6.45) is 0. The van der Waals surface area contributed by atoms with Crippen LogP contribution in [0.1, 0.15) is 0 Å². The highest BCUT2D eigenvalue weighted by molar-refractivity contribution is 6.17. The van der Waals surface area contributed by atoms with Crippen LogP contribution >= 0.6 is 0 Å². The molecule has 2 heteroatoms. The fraction of sp³-hybridized carbons (Fsp3) is 0. The number of hydrogen-bond acceptors (Lipinski definition) is 2. The van der Waals surface area contributed by atoms with Crippen LogP contribution in [0.3, 0.4) is 0 Å². The summed E-state index contributed by atoms with van der Waals surface area (Å²) in [5, 5.41) is 23.8. The molecular weight excluding hydrogens is 248 g/mol. The van der Waals surface area contributed by atoms with Crippen LogP contribution in [0.15, 0.2) is 60.7 Å². The summed E-state index contributed by atoms with van der Waals surface area (Å²) in [6, 6.07) is 19.1. The van der Waals surface area contributed by atoms with Crippen molar-refractivity contribution < 1.29 is 10.2 Å². The maximum absolute atomic E-state index is 10.6. The van der Waals surface area contributed by atoms with Crippen molar-refractivity contribution in [3.8, 4) is 22.6 Å². The van der Waals surface area contributed by atoms with Gasteiger partial charge < -0.3 is 10.2 Å². The van der Waals surface area contributed by atoms with Gasteiger partial charge in [0, 0.05) is 21.5 Å². The molecular formula is C18H12O2. The predicted octanol–water partition coefficient (Wildman–Crippen LogP) is 4.51. The molecule has 0 amide bonds. The van der Waals surface area contributed by atoms with Crippen LogP contribution in [-0.4, -0.2) is 10.2 Å². The molecule has 2 N–H and O–H groups in total. The standard InChI is InChI=1S/C18H12O2/c19-17-13-8-4-5-9-14(13)18(20)16-12-7-3-1-2-6-11(12)10-15(16)17/h1-10,19-20H. The molecule has 0 aromatic heterocycles. The number of phenols is 2. The average Bonchev–Trinajstić information content (AvgIpc) is 2.68. The molecule has 2 aromatic rings. The molecule has 2 aliphatic rings. The minimum atomic E-state index is 0.229. The molecule has 2 nitrogen and oxygen atoms in total. The van der Waals surface area contributed by atoms with Gasteiger partial charge in [0.25, 0.3) is 0 Å². The van der Waals surface area contributed by atoms with Gasteiger partial charge in [-0.1, -0.05) is 54.6 Å². The first-order chi connectivity index (χ1) is 9.77. The lowest BCUT2D eigenvalue weighted by Crippen LogP contribution is -1.78. The normalized spacial score (nSPS) is 11.4. The van der Waals surface area contributed by atoms with Gasteiger partial charge in [-0.05, 0) is 17.2 Å². The Bertz CT molecular complexity index is 925. The maximum atomic E-state index is 10.6. The minimum absolute atomic E-state index is 0.229. The van der Waals surface area contributed by atoms with E-state index in [0.29, 0.717) is 21.5 Å². The molecule has 96 valence electrons. The quantitative estimate of drug-likeness (QED) is 0.457. The van der Waals surface area contributed by atoms with E-state index in [9.17, 15) is 10.2 Å². The van der Waals surface area contributed by atoms with Crippen molar-refractivity contribution in [2.45, 2.75) is 0 Å². The molecule has 4 rings (SSSR count). The minimum Gasteiger partial charge on any atom is -0.507 e.